The second kappa shape index (κ2) is 11.3. The second-order valence-electron chi connectivity index (χ2n) is 9.06. The zero-order valence-corrected chi connectivity index (χ0v) is 21.6. The lowest BCUT2D eigenvalue weighted by Gasteiger charge is -2.18. The molecule has 0 saturated heterocycles. The Morgan fingerprint density at radius 3 is 2.45 bits per heavy atom. The van der Waals surface area contributed by atoms with Gasteiger partial charge in [0.25, 0.3) is 0 Å². The van der Waals surface area contributed by atoms with Gasteiger partial charge >= 0.3 is 5.97 Å². The van der Waals surface area contributed by atoms with Crippen molar-refractivity contribution < 1.29 is 24.2 Å². The van der Waals surface area contributed by atoms with Crippen LogP contribution in [0.15, 0.2) is 63.8 Å². The van der Waals surface area contributed by atoms with Crippen molar-refractivity contribution in [3.05, 3.63) is 70.4 Å². The molecule has 0 radical (unpaired) electrons. The number of aromatic carboxylic acids is 1. The number of nitrogens with one attached hydrogen (secondary N) is 3. The summed E-state index contributed by atoms with van der Waals surface area (Å²) in [5, 5.41) is 29.8. The molecule has 0 spiro atoms. The maximum Gasteiger partial charge on any atom is 0.336 e. The molecule has 196 valence electrons. The van der Waals surface area contributed by atoms with E-state index in [4.69, 9.17) is 16.6 Å². The number of anilines is 1. The lowest BCUT2D eigenvalue weighted by molar-refractivity contribution is -0.123. The third-order valence-corrected chi connectivity index (χ3v) is 6.16. The highest BCUT2D eigenvalue weighted by Crippen LogP contribution is 2.42. The molecular formula is C28H27N3O6S. The molecule has 1 heterocycles. The summed E-state index contributed by atoms with van der Waals surface area (Å²) in [5.41, 5.74) is 2.09. The zero-order valence-electron chi connectivity index (χ0n) is 20.8. The molecule has 0 bridgehead atoms. The van der Waals surface area contributed by atoms with Gasteiger partial charge < -0.3 is 30.6 Å². The summed E-state index contributed by atoms with van der Waals surface area (Å²) in [6.45, 7) is 4.69. The molecule has 0 unspecified atom stereocenters. The van der Waals surface area contributed by atoms with Crippen LogP contribution in [0.4, 0.5) is 5.69 Å². The van der Waals surface area contributed by atoms with Crippen LogP contribution < -0.4 is 21.4 Å². The zero-order chi connectivity index (χ0) is 27.4. The SMILES string of the molecule is CC(C)C(=O)NCCCNC(=S)Nc1ccc(-c2c3ccc(=O)cc-3oc3cc(O)ccc23)c(C(=O)O)c1. The lowest BCUT2D eigenvalue weighted by atomic mass is 9.90. The molecule has 1 amide bonds. The Labute approximate surface area is 223 Å². The number of phenolic OH excluding ortho intramolecular Hbond substituents is 1. The van der Waals surface area contributed by atoms with Gasteiger partial charge in [0.2, 0.25) is 5.91 Å². The average Bonchev–Trinajstić information content (AvgIpc) is 2.86. The maximum atomic E-state index is 12.3. The van der Waals surface area contributed by atoms with Gasteiger partial charge in [-0.15, -0.1) is 0 Å². The number of rotatable bonds is 8. The molecule has 2 aromatic rings. The Balaban J connectivity index is 1.61. The quantitative estimate of drug-likeness (QED) is 0.126. The van der Waals surface area contributed by atoms with Crippen molar-refractivity contribution in [3.8, 4) is 28.2 Å². The van der Waals surface area contributed by atoms with E-state index in [0.717, 1.165) is 0 Å². The number of carboxylic acids is 1. The number of fused-ring (bicyclic) bond motifs is 2. The first-order valence-corrected chi connectivity index (χ1v) is 12.4. The fourth-order valence-corrected chi connectivity index (χ4v) is 4.27. The molecule has 0 saturated carbocycles. The van der Waals surface area contributed by atoms with Crippen LogP contribution in [0.5, 0.6) is 5.75 Å². The standard InChI is InChI=1S/C28H27N3O6S/c1-15(2)26(34)29-10-3-11-30-28(38)31-16-4-7-19(22(12-16)27(35)36)25-20-8-5-17(32)13-23(20)37-24-14-18(33)6-9-21(24)25/h4-9,12-15,32H,3,10-11H2,1-2H3,(H,29,34)(H,35,36)(H2,30,31,38). The molecule has 0 atom stereocenters. The number of hydrogen-bond donors (Lipinski definition) is 5. The summed E-state index contributed by atoms with van der Waals surface area (Å²) in [5.74, 6) is -0.977. The summed E-state index contributed by atoms with van der Waals surface area (Å²) < 4.78 is 5.86. The highest BCUT2D eigenvalue weighted by Gasteiger charge is 2.22. The van der Waals surface area contributed by atoms with E-state index in [1.54, 1.807) is 24.3 Å². The van der Waals surface area contributed by atoms with Crippen LogP contribution in [-0.4, -0.2) is 40.3 Å². The minimum atomic E-state index is -1.15. The van der Waals surface area contributed by atoms with E-state index >= 15 is 0 Å². The minimum absolute atomic E-state index is 0.00935. The molecule has 0 aromatic heterocycles. The number of hydrogen-bond acceptors (Lipinski definition) is 6. The summed E-state index contributed by atoms with van der Waals surface area (Å²) >= 11 is 5.34. The Morgan fingerprint density at radius 2 is 1.71 bits per heavy atom. The topological polar surface area (TPSA) is 141 Å². The van der Waals surface area contributed by atoms with Crippen molar-refractivity contribution >= 4 is 45.9 Å². The van der Waals surface area contributed by atoms with Gasteiger partial charge in [-0.1, -0.05) is 19.9 Å². The van der Waals surface area contributed by atoms with Gasteiger partial charge in [-0.05, 0) is 60.6 Å². The highest BCUT2D eigenvalue weighted by atomic mass is 32.1. The molecule has 1 aliphatic heterocycles. The first-order valence-electron chi connectivity index (χ1n) is 12.0. The average molecular weight is 534 g/mol. The number of carbonyl (C=O) groups is 2. The van der Waals surface area contributed by atoms with Gasteiger partial charge in [-0.2, -0.15) is 0 Å². The molecule has 2 aromatic carbocycles. The van der Waals surface area contributed by atoms with Crippen molar-refractivity contribution in [1.29, 1.82) is 0 Å². The summed E-state index contributed by atoms with van der Waals surface area (Å²) in [6, 6.07) is 13.7. The Hall–Kier alpha value is -4.44. The van der Waals surface area contributed by atoms with E-state index in [9.17, 15) is 24.6 Å². The van der Waals surface area contributed by atoms with Crippen molar-refractivity contribution in [1.82, 2.24) is 10.6 Å². The van der Waals surface area contributed by atoms with Gasteiger partial charge in [-0.3, -0.25) is 9.59 Å². The van der Waals surface area contributed by atoms with Gasteiger partial charge in [0.05, 0.1) is 5.56 Å². The lowest BCUT2D eigenvalue weighted by Crippen LogP contribution is -2.33. The van der Waals surface area contributed by atoms with Gasteiger partial charge in [0.15, 0.2) is 10.5 Å². The number of carboxylic acid groups (broad SMARTS) is 1. The molecule has 38 heavy (non-hydrogen) atoms. The van der Waals surface area contributed by atoms with Crippen molar-refractivity contribution in [2.75, 3.05) is 18.4 Å². The molecule has 5 N–H and O–H groups in total. The third-order valence-electron chi connectivity index (χ3n) is 5.92. The number of phenols is 1. The number of carbonyl (C=O) groups excluding carboxylic acids is 1. The second-order valence-corrected chi connectivity index (χ2v) is 9.47. The normalized spacial score (nSPS) is 11.0. The van der Waals surface area contributed by atoms with Gasteiger partial charge in [0.1, 0.15) is 17.1 Å². The van der Waals surface area contributed by atoms with E-state index in [2.05, 4.69) is 16.0 Å². The predicted molar refractivity (Wildman–Crippen MR) is 150 cm³/mol. The number of aromatic hydroxyl groups is 1. The molecule has 10 heteroatoms. The predicted octanol–water partition coefficient (Wildman–Crippen LogP) is 4.42. The van der Waals surface area contributed by atoms with Crippen molar-refractivity contribution in [2.24, 2.45) is 5.92 Å². The van der Waals surface area contributed by atoms with E-state index < -0.39 is 5.97 Å². The Bertz CT molecular complexity index is 1560. The number of benzene rings is 3. The van der Waals surface area contributed by atoms with E-state index in [-0.39, 0.29) is 34.3 Å². The van der Waals surface area contributed by atoms with E-state index in [1.165, 1.54) is 30.3 Å². The Kier molecular flexibility index (Phi) is 7.92. The van der Waals surface area contributed by atoms with Crippen molar-refractivity contribution in [3.63, 3.8) is 0 Å². The molecule has 9 nitrogen and oxygen atoms in total. The molecule has 2 aliphatic rings. The van der Waals surface area contributed by atoms with Crippen molar-refractivity contribution in [2.45, 2.75) is 20.3 Å². The fraction of sp³-hybridized carbons (Fsp3) is 0.214. The van der Waals surface area contributed by atoms with Crippen LogP contribution in [0, 0.1) is 5.92 Å². The van der Waals surface area contributed by atoms with Gasteiger partial charge in [-0.25, -0.2) is 4.79 Å². The van der Waals surface area contributed by atoms with Crippen LogP contribution >= 0.6 is 12.2 Å². The monoisotopic (exact) mass is 533 g/mol. The van der Waals surface area contributed by atoms with Gasteiger partial charge in [0, 0.05) is 53.3 Å². The molecular weight excluding hydrogens is 506 g/mol. The molecule has 0 fully saturated rings. The van der Waals surface area contributed by atoms with Crippen LogP contribution in [-0.2, 0) is 4.79 Å². The van der Waals surface area contributed by atoms with Crippen LogP contribution in [0.2, 0.25) is 0 Å². The fourth-order valence-electron chi connectivity index (χ4n) is 4.05. The summed E-state index contributed by atoms with van der Waals surface area (Å²) in [4.78, 5) is 35.9. The first-order chi connectivity index (χ1) is 18.1. The largest absolute Gasteiger partial charge is 0.508 e. The van der Waals surface area contributed by atoms with Crippen LogP contribution in [0.3, 0.4) is 0 Å². The van der Waals surface area contributed by atoms with E-state index in [1.807, 2.05) is 13.8 Å². The highest BCUT2D eigenvalue weighted by molar-refractivity contribution is 7.80. The molecule has 4 rings (SSSR count). The molecule has 1 aliphatic carbocycles. The summed E-state index contributed by atoms with van der Waals surface area (Å²) in [7, 11) is 0. The smallest absolute Gasteiger partial charge is 0.336 e. The number of thiocarbonyl (C=S) groups is 1. The van der Waals surface area contributed by atoms with E-state index in [0.29, 0.717) is 58.0 Å². The van der Waals surface area contributed by atoms with Crippen LogP contribution in [0.25, 0.3) is 33.4 Å². The maximum absolute atomic E-state index is 12.3. The number of amides is 1. The minimum Gasteiger partial charge on any atom is -0.508 e. The Morgan fingerprint density at radius 1 is 0.974 bits per heavy atom. The summed E-state index contributed by atoms with van der Waals surface area (Å²) in [6.07, 6.45) is 0.666. The first kappa shape index (κ1) is 26.6. The third kappa shape index (κ3) is 5.92. The van der Waals surface area contributed by atoms with Crippen LogP contribution in [0.1, 0.15) is 30.6 Å².